The first-order valence-electron chi connectivity index (χ1n) is 4.36. The van der Waals surface area contributed by atoms with E-state index in [1.165, 1.54) is 0 Å². The summed E-state index contributed by atoms with van der Waals surface area (Å²) < 4.78 is 0. The molecule has 15 heavy (non-hydrogen) atoms. The highest BCUT2D eigenvalue weighted by atomic mass is 35.5. The number of rotatable bonds is 3. The van der Waals surface area contributed by atoms with E-state index in [1.54, 1.807) is 11.8 Å². The molecule has 1 aromatic rings. The van der Waals surface area contributed by atoms with Crippen LogP contribution in [0.2, 0.25) is 5.28 Å². The molecular weight excluding hydrogens is 214 g/mol. The minimum atomic E-state index is 0.167. The normalized spacial score (nSPS) is 9.07. The lowest BCUT2D eigenvalue weighted by atomic mass is 10.6. The Balaban J connectivity index is 2.82. The van der Waals surface area contributed by atoms with Crippen LogP contribution >= 0.6 is 11.6 Å². The third-order valence-corrected chi connectivity index (χ3v) is 1.68. The summed E-state index contributed by atoms with van der Waals surface area (Å²) in [6.07, 6.45) is 0. The van der Waals surface area contributed by atoms with Crippen molar-refractivity contribution in [1.29, 1.82) is 0 Å². The second-order valence-electron chi connectivity index (χ2n) is 2.90. The van der Waals surface area contributed by atoms with Crippen molar-refractivity contribution in [1.82, 2.24) is 15.0 Å². The average Bonchev–Trinajstić information content (AvgIpc) is 2.17. The van der Waals surface area contributed by atoms with Crippen molar-refractivity contribution in [2.45, 2.75) is 6.92 Å². The molecule has 1 heterocycles. The molecule has 0 aliphatic rings. The maximum Gasteiger partial charge on any atom is 0.230 e. The standard InChI is InChI=1S/C9H12ClN5/c1-4-5-6-11-8-12-7(10)13-9(14-8)15(2)3/h6H2,1-3H3,(H,11,12,13,14). The Kier molecular flexibility index (Phi) is 4.13. The number of hydrogen-bond acceptors (Lipinski definition) is 5. The van der Waals surface area contributed by atoms with Gasteiger partial charge in [0.1, 0.15) is 0 Å². The van der Waals surface area contributed by atoms with Gasteiger partial charge < -0.3 is 10.2 Å². The topological polar surface area (TPSA) is 53.9 Å². The molecule has 0 aliphatic heterocycles. The van der Waals surface area contributed by atoms with Gasteiger partial charge in [0.25, 0.3) is 0 Å². The summed E-state index contributed by atoms with van der Waals surface area (Å²) >= 11 is 5.74. The van der Waals surface area contributed by atoms with Crippen LogP contribution in [0.15, 0.2) is 0 Å². The van der Waals surface area contributed by atoms with Crippen LogP contribution in [0.3, 0.4) is 0 Å². The molecule has 0 amide bonds. The van der Waals surface area contributed by atoms with Crippen LogP contribution in [0.5, 0.6) is 0 Å². The second-order valence-corrected chi connectivity index (χ2v) is 3.24. The first-order valence-corrected chi connectivity index (χ1v) is 4.73. The van der Waals surface area contributed by atoms with Crippen molar-refractivity contribution in [2.75, 3.05) is 30.9 Å². The van der Waals surface area contributed by atoms with E-state index in [-0.39, 0.29) is 5.28 Å². The number of anilines is 2. The van der Waals surface area contributed by atoms with Crippen molar-refractivity contribution in [2.24, 2.45) is 0 Å². The molecule has 0 unspecified atom stereocenters. The fraction of sp³-hybridized carbons (Fsp3) is 0.444. The Morgan fingerprint density at radius 2 is 2.07 bits per heavy atom. The molecule has 0 saturated heterocycles. The van der Waals surface area contributed by atoms with Crippen molar-refractivity contribution in [3.63, 3.8) is 0 Å². The van der Waals surface area contributed by atoms with Gasteiger partial charge in [-0.05, 0) is 18.5 Å². The molecule has 0 aliphatic carbocycles. The molecule has 0 radical (unpaired) electrons. The number of halogens is 1. The molecule has 6 heteroatoms. The van der Waals surface area contributed by atoms with E-state index in [2.05, 4.69) is 32.1 Å². The van der Waals surface area contributed by atoms with Gasteiger partial charge in [0, 0.05) is 14.1 Å². The van der Waals surface area contributed by atoms with Crippen LogP contribution < -0.4 is 10.2 Å². The maximum atomic E-state index is 5.74. The summed E-state index contributed by atoms with van der Waals surface area (Å²) in [5.74, 6) is 6.56. The monoisotopic (exact) mass is 225 g/mol. The van der Waals surface area contributed by atoms with E-state index in [0.29, 0.717) is 18.4 Å². The van der Waals surface area contributed by atoms with Gasteiger partial charge in [0.15, 0.2) is 0 Å². The van der Waals surface area contributed by atoms with Crippen LogP contribution in [0.4, 0.5) is 11.9 Å². The minimum Gasteiger partial charge on any atom is -0.347 e. The zero-order valence-electron chi connectivity index (χ0n) is 8.87. The van der Waals surface area contributed by atoms with Gasteiger partial charge in [0.2, 0.25) is 17.2 Å². The van der Waals surface area contributed by atoms with E-state index >= 15 is 0 Å². The van der Waals surface area contributed by atoms with Crippen molar-refractivity contribution in [3.8, 4) is 11.8 Å². The summed E-state index contributed by atoms with van der Waals surface area (Å²) in [5.41, 5.74) is 0. The first-order chi connectivity index (χ1) is 7.13. The summed E-state index contributed by atoms with van der Waals surface area (Å²) in [6.45, 7) is 2.26. The number of hydrogen-bond donors (Lipinski definition) is 1. The molecule has 0 saturated carbocycles. The van der Waals surface area contributed by atoms with Crippen LogP contribution in [0.25, 0.3) is 0 Å². The third kappa shape index (κ3) is 3.60. The molecular formula is C9H12ClN5. The van der Waals surface area contributed by atoms with Gasteiger partial charge in [-0.1, -0.05) is 5.92 Å². The second kappa shape index (κ2) is 5.37. The number of nitrogens with one attached hydrogen (secondary N) is 1. The molecule has 0 bridgehead atoms. The average molecular weight is 226 g/mol. The quantitative estimate of drug-likeness (QED) is 0.779. The molecule has 0 fully saturated rings. The summed E-state index contributed by atoms with van der Waals surface area (Å²) in [6, 6.07) is 0. The first kappa shape index (κ1) is 11.5. The van der Waals surface area contributed by atoms with Crippen molar-refractivity contribution >= 4 is 23.5 Å². The lowest BCUT2D eigenvalue weighted by molar-refractivity contribution is 0.954. The number of aromatic nitrogens is 3. The highest BCUT2D eigenvalue weighted by Crippen LogP contribution is 2.10. The Labute approximate surface area is 93.9 Å². The van der Waals surface area contributed by atoms with Crippen LogP contribution in [0.1, 0.15) is 6.92 Å². The molecule has 80 valence electrons. The van der Waals surface area contributed by atoms with Crippen LogP contribution in [-0.2, 0) is 0 Å². The zero-order valence-corrected chi connectivity index (χ0v) is 9.63. The lowest BCUT2D eigenvalue weighted by Crippen LogP contribution is -2.15. The Bertz CT molecular complexity index is 393. The molecule has 1 N–H and O–H groups in total. The number of nitrogens with zero attached hydrogens (tertiary/aromatic N) is 4. The highest BCUT2D eigenvalue weighted by molar-refractivity contribution is 6.28. The fourth-order valence-electron chi connectivity index (χ4n) is 0.830. The predicted octanol–water partition coefficient (Wildman–Crippen LogP) is 1.03. The summed E-state index contributed by atoms with van der Waals surface area (Å²) in [7, 11) is 3.67. The van der Waals surface area contributed by atoms with Gasteiger partial charge in [0.05, 0.1) is 6.54 Å². The summed E-state index contributed by atoms with van der Waals surface area (Å²) in [5, 5.41) is 3.10. The van der Waals surface area contributed by atoms with Gasteiger partial charge in [-0.3, -0.25) is 0 Å². The molecule has 5 nitrogen and oxygen atoms in total. The van der Waals surface area contributed by atoms with E-state index in [4.69, 9.17) is 11.6 Å². The van der Waals surface area contributed by atoms with Gasteiger partial charge in [-0.2, -0.15) is 15.0 Å². The lowest BCUT2D eigenvalue weighted by Gasteiger charge is -2.10. The van der Waals surface area contributed by atoms with Gasteiger partial charge in [-0.25, -0.2) is 0 Å². The van der Waals surface area contributed by atoms with Crippen LogP contribution in [-0.4, -0.2) is 35.6 Å². The van der Waals surface area contributed by atoms with Gasteiger partial charge in [-0.15, -0.1) is 5.92 Å². The molecule has 1 rings (SSSR count). The van der Waals surface area contributed by atoms with Crippen molar-refractivity contribution in [3.05, 3.63) is 5.28 Å². The molecule has 0 atom stereocenters. The Morgan fingerprint density at radius 3 is 2.67 bits per heavy atom. The van der Waals surface area contributed by atoms with E-state index < -0.39 is 0 Å². The Hall–Kier alpha value is -1.54. The molecule has 0 spiro atoms. The van der Waals surface area contributed by atoms with E-state index in [1.807, 2.05) is 14.1 Å². The van der Waals surface area contributed by atoms with Crippen molar-refractivity contribution < 1.29 is 0 Å². The van der Waals surface area contributed by atoms with Crippen LogP contribution in [0, 0.1) is 11.8 Å². The maximum absolute atomic E-state index is 5.74. The highest BCUT2D eigenvalue weighted by Gasteiger charge is 2.05. The Morgan fingerprint density at radius 1 is 1.33 bits per heavy atom. The largest absolute Gasteiger partial charge is 0.347 e. The molecule has 0 aromatic carbocycles. The zero-order chi connectivity index (χ0) is 11.3. The predicted molar refractivity (Wildman–Crippen MR) is 61.1 cm³/mol. The SMILES string of the molecule is CC#CCNc1nc(Cl)nc(N(C)C)n1. The smallest absolute Gasteiger partial charge is 0.230 e. The minimum absolute atomic E-state index is 0.167. The van der Waals surface area contributed by atoms with E-state index in [0.717, 1.165) is 0 Å². The van der Waals surface area contributed by atoms with Gasteiger partial charge >= 0.3 is 0 Å². The fourth-order valence-corrected chi connectivity index (χ4v) is 0.986. The van der Waals surface area contributed by atoms with E-state index in [9.17, 15) is 0 Å². The molecule has 1 aromatic heterocycles. The third-order valence-electron chi connectivity index (χ3n) is 1.51. The summed E-state index contributed by atoms with van der Waals surface area (Å²) in [4.78, 5) is 13.8.